The highest BCUT2D eigenvalue weighted by atomic mass is 19.1. The largest absolute Gasteiger partial charge is 0.358 e. The molecular weight excluding hydrogens is 177 g/mol. The van der Waals surface area contributed by atoms with E-state index in [0.717, 1.165) is 22.2 Å². The second-order valence-electron chi connectivity index (χ2n) is 4.07. The molecule has 74 valence electrons. The third-order valence-electron chi connectivity index (χ3n) is 2.53. The quantitative estimate of drug-likeness (QED) is 0.706. The van der Waals surface area contributed by atoms with Crippen molar-refractivity contribution in [2.75, 3.05) is 0 Å². The molecule has 0 radical (unpaired) electrons. The zero-order valence-corrected chi connectivity index (χ0v) is 8.69. The van der Waals surface area contributed by atoms with Crippen LogP contribution in [0.1, 0.15) is 31.0 Å². The number of rotatable bonds is 1. The molecule has 0 spiro atoms. The number of fused-ring (bicyclic) bond motifs is 1. The van der Waals surface area contributed by atoms with Gasteiger partial charge in [-0.15, -0.1) is 0 Å². The lowest BCUT2D eigenvalue weighted by Crippen LogP contribution is -1.85. The molecule has 0 aliphatic rings. The van der Waals surface area contributed by atoms with Crippen molar-refractivity contribution in [3.8, 4) is 0 Å². The van der Waals surface area contributed by atoms with Crippen molar-refractivity contribution >= 4 is 10.9 Å². The van der Waals surface area contributed by atoms with Crippen LogP contribution in [-0.2, 0) is 0 Å². The van der Waals surface area contributed by atoms with E-state index in [4.69, 9.17) is 0 Å². The minimum atomic E-state index is -0.163. The first-order chi connectivity index (χ1) is 6.58. The number of benzene rings is 1. The third-order valence-corrected chi connectivity index (χ3v) is 2.53. The molecule has 0 saturated heterocycles. The second-order valence-corrected chi connectivity index (χ2v) is 4.07. The van der Waals surface area contributed by atoms with Crippen LogP contribution in [0.15, 0.2) is 18.2 Å². The van der Waals surface area contributed by atoms with Gasteiger partial charge < -0.3 is 4.98 Å². The van der Waals surface area contributed by atoms with Gasteiger partial charge in [0.2, 0.25) is 0 Å². The Morgan fingerprint density at radius 3 is 2.57 bits per heavy atom. The predicted octanol–water partition coefficient (Wildman–Crippen LogP) is 3.74. The maximum Gasteiger partial charge on any atom is 0.124 e. The summed E-state index contributed by atoms with van der Waals surface area (Å²) in [6.45, 7) is 6.17. The number of aryl methyl sites for hydroxylation is 1. The van der Waals surface area contributed by atoms with Gasteiger partial charge in [0.15, 0.2) is 0 Å². The van der Waals surface area contributed by atoms with E-state index in [9.17, 15) is 4.39 Å². The van der Waals surface area contributed by atoms with Crippen molar-refractivity contribution in [3.05, 3.63) is 35.3 Å². The van der Waals surface area contributed by atoms with Gasteiger partial charge in [0.1, 0.15) is 5.82 Å². The van der Waals surface area contributed by atoms with Gasteiger partial charge in [0.25, 0.3) is 0 Å². The monoisotopic (exact) mass is 191 g/mol. The number of nitrogens with one attached hydrogen (secondary N) is 1. The Morgan fingerprint density at radius 2 is 1.93 bits per heavy atom. The van der Waals surface area contributed by atoms with Gasteiger partial charge in [-0.1, -0.05) is 13.8 Å². The summed E-state index contributed by atoms with van der Waals surface area (Å²) in [4.78, 5) is 3.32. The molecule has 1 aromatic carbocycles. The first-order valence-electron chi connectivity index (χ1n) is 4.86. The van der Waals surface area contributed by atoms with Gasteiger partial charge in [-0.2, -0.15) is 0 Å². The Hall–Kier alpha value is -1.31. The Kier molecular flexibility index (Phi) is 2.06. The van der Waals surface area contributed by atoms with E-state index in [-0.39, 0.29) is 5.82 Å². The van der Waals surface area contributed by atoms with Crippen LogP contribution >= 0.6 is 0 Å². The maximum atomic E-state index is 13.1. The highest BCUT2D eigenvalue weighted by Crippen LogP contribution is 2.24. The van der Waals surface area contributed by atoms with Crippen molar-refractivity contribution in [2.24, 2.45) is 0 Å². The van der Waals surface area contributed by atoms with Crippen LogP contribution in [0, 0.1) is 12.7 Å². The molecule has 1 heterocycles. The number of hydrogen-bond acceptors (Lipinski definition) is 0. The Balaban J connectivity index is 2.70. The summed E-state index contributed by atoms with van der Waals surface area (Å²) >= 11 is 0. The average Bonchev–Trinajstić information content (AvgIpc) is 2.47. The van der Waals surface area contributed by atoms with E-state index < -0.39 is 0 Å². The Bertz CT molecular complexity index is 468. The van der Waals surface area contributed by atoms with E-state index in [2.05, 4.69) is 18.8 Å². The summed E-state index contributed by atoms with van der Waals surface area (Å²) < 4.78 is 13.1. The van der Waals surface area contributed by atoms with Gasteiger partial charge >= 0.3 is 0 Å². The van der Waals surface area contributed by atoms with Crippen molar-refractivity contribution in [1.82, 2.24) is 4.98 Å². The molecule has 0 aliphatic heterocycles. The van der Waals surface area contributed by atoms with Crippen LogP contribution in [0.3, 0.4) is 0 Å². The molecule has 14 heavy (non-hydrogen) atoms. The fourth-order valence-electron chi connectivity index (χ4n) is 1.71. The maximum absolute atomic E-state index is 13.1. The minimum Gasteiger partial charge on any atom is -0.358 e. The number of hydrogen-bond donors (Lipinski definition) is 1. The summed E-state index contributed by atoms with van der Waals surface area (Å²) in [7, 11) is 0. The van der Waals surface area contributed by atoms with Gasteiger partial charge in [0, 0.05) is 16.6 Å². The lowest BCUT2D eigenvalue weighted by Gasteiger charge is -1.98. The SMILES string of the molecule is Cc1cc(F)cc2cc(C(C)C)[nH]c12. The van der Waals surface area contributed by atoms with Crippen LogP contribution in [0.25, 0.3) is 10.9 Å². The number of aromatic nitrogens is 1. The summed E-state index contributed by atoms with van der Waals surface area (Å²) in [6, 6.07) is 5.16. The average molecular weight is 191 g/mol. The summed E-state index contributed by atoms with van der Waals surface area (Å²) in [6.07, 6.45) is 0. The zero-order chi connectivity index (χ0) is 10.3. The van der Waals surface area contributed by atoms with E-state index in [0.29, 0.717) is 5.92 Å². The molecule has 1 aromatic heterocycles. The molecule has 1 nitrogen and oxygen atoms in total. The molecule has 0 saturated carbocycles. The van der Waals surface area contributed by atoms with Crippen LogP contribution in [0.2, 0.25) is 0 Å². The molecule has 0 amide bonds. The first kappa shape index (κ1) is 9.25. The number of aromatic amines is 1. The van der Waals surface area contributed by atoms with Crippen LogP contribution in [-0.4, -0.2) is 4.98 Å². The van der Waals surface area contributed by atoms with Crippen molar-refractivity contribution in [3.63, 3.8) is 0 Å². The summed E-state index contributed by atoms with van der Waals surface area (Å²) in [5, 5.41) is 0.964. The highest BCUT2D eigenvalue weighted by molar-refractivity contribution is 5.83. The highest BCUT2D eigenvalue weighted by Gasteiger charge is 2.07. The molecule has 1 N–H and O–H groups in total. The predicted molar refractivity (Wildman–Crippen MR) is 57.1 cm³/mol. The molecule has 2 rings (SSSR count). The van der Waals surface area contributed by atoms with Crippen molar-refractivity contribution in [1.29, 1.82) is 0 Å². The number of halogens is 1. The van der Waals surface area contributed by atoms with E-state index >= 15 is 0 Å². The molecule has 0 aliphatic carbocycles. The van der Waals surface area contributed by atoms with Gasteiger partial charge in [-0.3, -0.25) is 0 Å². The lowest BCUT2D eigenvalue weighted by molar-refractivity contribution is 0.628. The first-order valence-corrected chi connectivity index (χ1v) is 4.86. The Labute approximate surface area is 82.9 Å². The summed E-state index contributed by atoms with van der Waals surface area (Å²) in [5.74, 6) is 0.286. The van der Waals surface area contributed by atoms with E-state index in [1.54, 1.807) is 12.1 Å². The molecule has 0 atom stereocenters. The zero-order valence-electron chi connectivity index (χ0n) is 8.69. The van der Waals surface area contributed by atoms with Crippen molar-refractivity contribution in [2.45, 2.75) is 26.7 Å². The second kappa shape index (κ2) is 3.12. The molecule has 2 aromatic rings. The van der Waals surface area contributed by atoms with Crippen molar-refractivity contribution < 1.29 is 4.39 Å². The molecule has 0 unspecified atom stereocenters. The molecule has 0 bridgehead atoms. The van der Waals surface area contributed by atoms with Gasteiger partial charge in [-0.25, -0.2) is 4.39 Å². The van der Waals surface area contributed by atoms with E-state index in [1.165, 1.54) is 0 Å². The minimum absolute atomic E-state index is 0.163. The fraction of sp³-hybridized carbons (Fsp3) is 0.333. The van der Waals surface area contributed by atoms with Gasteiger partial charge in [-0.05, 0) is 36.6 Å². The van der Waals surface area contributed by atoms with Crippen LogP contribution in [0.4, 0.5) is 4.39 Å². The number of H-pyrrole nitrogens is 1. The fourth-order valence-corrected chi connectivity index (χ4v) is 1.71. The van der Waals surface area contributed by atoms with Crippen LogP contribution < -0.4 is 0 Å². The third kappa shape index (κ3) is 1.41. The normalized spacial score (nSPS) is 11.5. The molecule has 2 heteroatoms. The summed E-state index contributed by atoms with van der Waals surface area (Å²) in [5.41, 5.74) is 3.18. The Morgan fingerprint density at radius 1 is 1.21 bits per heavy atom. The van der Waals surface area contributed by atoms with Crippen LogP contribution in [0.5, 0.6) is 0 Å². The lowest BCUT2D eigenvalue weighted by atomic mass is 10.1. The van der Waals surface area contributed by atoms with E-state index in [1.807, 2.05) is 13.0 Å². The van der Waals surface area contributed by atoms with Gasteiger partial charge in [0.05, 0.1) is 0 Å². The topological polar surface area (TPSA) is 15.8 Å². The standard InChI is InChI=1S/C12H14FN/c1-7(2)11-6-9-5-10(13)4-8(3)12(9)14-11/h4-7,14H,1-3H3. The molecular formula is C12H14FN. The molecule has 0 fully saturated rings. The smallest absolute Gasteiger partial charge is 0.124 e.